The summed E-state index contributed by atoms with van der Waals surface area (Å²) in [6, 6.07) is 11.5. The summed E-state index contributed by atoms with van der Waals surface area (Å²) in [7, 11) is 0. The molecule has 1 aromatic carbocycles. The molecule has 19 heavy (non-hydrogen) atoms. The van der Waals surface area contributed by atoms with Crippen LogP contribution in [0, 0.1) is 0 Å². The van der Waals surface area contributed by atoms with E-state index >= 15 is 0 Å². The van der Waals surface area contributed by atoms with Crippen molar-refractivity contribution >= 4 is 0 Å². The lowest BCUT2D eigenvalue weighted by molar-refractivity contribution is 0.368. The molecule has 1 saturated heterocycles. The third-order valence-electron chi connectivity index (χ3n) is 4.20. The molecule has 0 aromatic heterocycles. The van der Waals surface area contributed by atoms with E-state index in [-0.39, 0.29) is 5.41 Å². The van der Waals surface area contributed by atoms with E-state index in [9.17, 15) is 0 Å². The molecule has 0 spiro atoms. The second-order valence-corrected chi connectivity index (χ2v) is 6.36. The van der Waals surface area contributed by atoms with Crippen LogP contribution in [0.4, 0.5) is 0 Å². The summed E-state index contributed by atoms with van der Waals surface area (Å²) in [5, 5.41) is 7.24. The second-order valence-electron chi connectivity index (χ2n) is 6.36. The molecule has 1 unspecified atom stereocenters. The zero-order valence-corrected chi connectivity index (χ0v) is 12.4. The summed E-state index contributed by atoms with van der Waals surface area (Å²) >= 11 is 0. The SMILES string of the molecule is CC(C)(CNCCC1CCCCN1)c1ccccc1. The minimum Gasteiger partial charge on any atom is -0.316 e. The fourth-order valence-corrected chi connectivity index (χ4v) is 2.84. The Labute approximate surface area is 118 Å². The molecule has 106 valence electrons. The Morgan fingerprint density at radius 2 is 2.00 bits per heavy atom. The first kappa shape index (κ1) is 14.5. The Kier molecular flexibility index (Phi) is 5.41. The van der Waals surface area contributed by atoms with Crippen LogP contribution in [0.25, 0.3) is 0 Å². The van der Waals surface area contributed by atoms with Gasteiger partial charge in [-0.25, -0.2) is 0 Å². The summed E-state index contributed by atoms with van der Waals surface area (Å²) in [5.41, 5.74) is 1.62. The van der Waals surface area contributed by atoms with E-state index in [1.807, 2.05) is 0 Å². The molecule has 2 nitrogen and oxygen atoms in total. The maximum Gasteiger partial charge on any atom is 0.00791 e. The van der Waals surface area contributed by atoms with Gasteiger partial charge < -0.3 is 10.6 Å². The number of rotatable bonds is 6. The van der Waals surface area contributed by atoms with Gasteiger partial charge in [-0.05, 0) is 37.9 Å². The van der Waals surface area contributed by atoms with Crippen LogP contribution in [0.2, 0.25) is 0 Å². The third-order valence-corrected chi connectivity index (χ3v) is 4.20. The normalized spacial score (nSPS) is 20.4. The van der Waals surface area contributed by atoms with Crippen LogP contribution in [-0.2, 0) is 5.41 Å². The zero-order chi connectivity index (χ0) is 13.6. The van der Waals surface area contributed by atoms with Crippen molar-refractivity contribution in [2.75, 3.05) is 19.6 Å². The molecule has 1 atom stereocenters. The van der Waals surface area contributed by atoms with Crippen molar-refractivity contribution in [1.29, 1.82) is 0 Å². The highest BCUT2D eigenvalue weighted by Crippen LogP contribution is 2.21. The van der Waals surface area contributed by atoms with Gasteiger partial charge in [0.2, 0.25) is 0 Å². The number of hydrogen-bond acceptors (Lipinski definition) is 2. The standard InChI is InChI=1S/C17H28N2/c1-17(2,15-8-4-3-5-9-15)14-18-13-11-16-10-6-7-12-19-16/h3-5,8-9,16,18-19H,6-7,10-14H2,1-2H3. The van der Waals surface area contributed by atoms with Crippen LogP contribution in [0.1, 0.15) is 45.1 Å². The van der Waals surface area contributed by atoms with Crippen molar-refractivity contribution in [1.82, 2.24) is 10.6 Å². The van der Waals surface area contributed by atoms with E-state index < -0.39 is 0 Å². The van der Waals surface area contributed by atoms with Gasteiger partial charge in [-0.1, -0.05) is 50.6 Å². The lowest BCUT2D eigenvalue weighted by Gasteiger charge is -2.27. The first-order chi connectivity index (χ1) is 9.18. The Morgan fingerprint density at radius 1 is 1.21 bits per heavy atom. The molecule has 1 aliphatic rings. The Bertz CT molecular complexity index is 353. The van der Waals surface area contributed by atoms with E-state index in [1.165, 1.54) is 37.8 Å². The molecule has 2 N–H and O–H groups in total. The van der Waals surface area contributed by atoms with E-state index in [4.69, 9.17) is 0 Å². The van der Waals surface area contributed by atoms with Gasteiger partial charge in [0.15, 0.2) is 0 Å². The fourth-order valence-electron chi connectivity index (χ4n) is 2.84. The smallest absolute Gasteiger partial charge is 0.00791 e. The largest absolute Gasteiger partial charge is 0.316 e. The number of hydrogen-bond donors (Lipinski definition) is 2. The third kappa shape index (κ3) is 4.63. The summed E-state index contributed by atoms with van der Waals surface area (Å²) in [6.07, 6.45) is 5.35. The quantitative estimate of drug-likeness (QED) is 0.768. The van der Waals surface area contributed by atoms with Crippen molar-refractivity contribution in [3.05, 3.63) is 35.9 Å². The van der Waals surface area contributed by atoms with Gasteiger partial charge >= 0.3 is 0 Å². The van der Waals surface area contributed by atoms with Gasteiger partial charge in [0.1, 0.15) is 0 Å². The van der Waals surface area contributed by atoms with Crippen molar-refractivity contribution in [3.63, 3.8) is 0 Å². The van der Waals surface area contributed by atoms with Gasteiger partial charge in [0.05, 0.1) is 0 Å². The summed E-state index contributed by atoms with van der Waals surface area (Å²) in [6.45, 7) is 8.00. The van der Waals surface area contributed by atoms with Crippen molar-refractivity contribution < 1.29 is 0 Å². The van der Waals surface area contributed by atoms with Gasteiger partial charge in [0, 0.05) is 18.0 Å². The van der Waals surface area contributed by atoms with Gasteiger partial charge in [-0.15, -0.1) is 0 Å². The minimum atomic E-state index is 0.210. The van der Waals surface area contributed by atoms with E-state index in [1.54, 1.807) is 0 Å². The number of piperidine rings is 1. The molecule has 1 fully saturated rings. The van der Waals surface area contributed by atoms with E-state index in [0.717, 1.165) is 19.1 Å². The molecule has 1 aliphatic heterocycles. The molecule has 0 radical (unpaired) electrons. The average molecular weight is 260 g/mol. The molecular weight excluding hydrogens is 232 g/mol. The van der Waals surface area contributed by atoms with Crippen molar-refractivity contribution in [2.45, 2.75) is 51.0 Å². The molecular formula is C17H28N2. The lowest BCUT2D eigenvalue weighted by Crippen LogP contribution is -2.39. The first-order valence-electron chi connectivity index (χ1n) is 7.68. The van der Waals surface area contributed by atoms with Crippen LogP contribution in [0.3, 0.4) is 0 Å². The molecule has 1 heterocycles. The molecule has 0 amide bonds. The molecule has 0 saturated carbocycles. The molecule has 1 aromatic rings. The van der Waals surface area contributed by atoms with Gasteiger partial charge in [-0.3, -0.25) is 0 Å². The highest BCUT2D eigenvalue weighted by molar-refractivity contribution is 5.23. The first-order valence-corrected chi connectivity index (χ1v) is 7.68. The second kappa shape index (κ2) is 7.06. The fraction of sp³-hybridized carbons (Fsp3) is 0.647. The van der Waals surface area contributed by atoms with Gasteiger partial charge in [0.25, 0.3) is 0 Å². The van der Waals surface area contributed by atoms with E-state index in [0.29, 0.717) is 0 Å². The number of benzene rings is 1. The summed E-state index contributed by atoms with van der Waals surface area (Å²) in [4.78, 5) is 0. The van der Waals surface area contributed by atoms with Gasteiger partial charge in [-0.2, -0.15) is 0 Å². The average Bonchev–Trinajstić information content (AvgIpc) is 2.46. The summed E-state index contributed by atoms with van der Waals surface area (Å²) in [5.74, 6) is 0. The summed E-state index contributed by atoms with van der Waals surface area (Å²) < 4.78 is 0. The Balaban J connectivity index is 1.69. The predicted molar refractivity (Wildman–Crippen MR) is 82.6 cm³/mol. The topological polar surface area (TPSA) is 24.1 Å². The molecule has 2 heteroatoms. The predicted octanol–water partition coefficient (Wildman–Crippen LogP) is 3.09. The van der Waals surface area contributed by atoms with Crippen LogP contribution in [0.15, 0.2) is 30.3 Å². The molecule has 2 rings (SSSR count). The lowest BCUT2D eigenvalue weighted by atomic mass is 9.84. The minimum absolute atomic E-state index is 0.210. The maximum absolute atomic E-state index is 3.63. The van der Waals surface area contributed by atoms with E-state index in [2.05, 4.69) is 54.8 Å². The Morgan fingerprint density at radius 3 is 2.68 bits per heavy atom. The van der Waals surface area contributed by atoms with Crippen LogP contribution in [0.5, 0.6) is 0 Å². The molecule has 0 aliphatic carbocycles. The van der Waals surface area contributed by atoms with Crippen LogP contribution >= 0.6 is 0 Å². The van der Waals surface area contributed by atoms with Crippen LogP contribution < -0.4 is 10.6 Å². The highest BCUT2D eigenvalue weighted by atomic mass is 14.9. The van der Waals surface area contributed by atoms with Crippen LogP contribution in [-0.4, -0.2) is 25.7 Å². The maximum atomic E-state index is 3.63. The monoisotopic (exact) mass is 260 g/mol. The highest BCUT2D eigenvalue weighted by Gasteiger charge is 2.19. The number of nitrogens with one attached hydrogen (secondary N) is 2. The van der Waals surface area contributed by atoms with Crippen molar-refractivity contribution in [3.8, 4) is 0 Å². The zero-order valence-electron chi connectivity index (χ0n) is 12.4. The van der Waals surface area contributed by atoms with Crippen molar-refractivity contribution in [2.24, 2.45) is 0 Å². The Hall–Kier alpha value is -0.860. The molecule has 0 bridgehead atoms.